The van der Waals surface area contributed by atoms with Crippen LogP contribution in [0, 0.1) is 5.41 Å². The number of halogens is 3. The molecule has 2 atom stereocenters. The van der Waals surface area contributed by atoms with Gasteiger partial charge < -0.3 is 4.90 Å². The number of carbonyl (C=O) groups is 1. The molecule has 2 fully saturated rings. The molecule has 0 bridgehead atoms. The first-order chi connectivity index (χ1) is 8.35. The Morgan fingerprint density at radius 2 is 2.16 bits per heavy atom. The first-order valence-corrected chi connectivity index (χ1v) is 6.75. The average Bonchev–Trinajstić information content (AvgIpc) is 2.69. The monoisotopic (exact) mass is 296 g/mol. The predicted octanol–water partition coefficient (Wildman–Crippen LogP) is 2.44. The smallest absolute Gasteiger partial charge is 0.262 e. The van der Waals surface area contributed by atoms with Crippen molar-refractivity contribution in [3.8, 4) is 0 Å². The van der Waals surface area contributed by atoms with Gasteiger partial charge >= 0.3 is 0 Å². The molecule has 1 N–H and O–H groups in total. The van der Waals surface area contributed by atoms with E-state index in [1.165, 1.54) is 0 Å². The molecule has 112 valence electrons. The second-order valence-corrected chi connectivity index (χ2v) is 6.02. The first-order valence-electron chi connectivity index (χ1n) is 6.75. The number of nitrogens with zero attached hydrogens (tertiary/aromatic N) is 1. The molecule has 0 aromatic carbocycles. The zero-order chi connectivity index (χ0) is 13.4. The second-order valence-electron chi connectivity index (χ2n) is 6.02. The van der Waals surface area contributed by atoms with Crippen molar-refractivity contribution in [1.82, 2.24) is 10.2 Å². The molecule has 2 saturated heterocycles. The number of piperidine rings is 1. The van der Waals surface area contributed by atoms with Gasteiger partial charge in [-0.3, -0.25) is 10.1 Å². The van der Waals surface area contributed by atoms with Crippen molar-refractivity contribution in [3.63, 3.8) is 0 Å². The molecular weight excluding hydrogens is 274 g/mol. The number of hydrogen-bond acceptors (Lipinski definition) is 2. The summed E-state index contributed by atoms with van der Waals surface area (Å²) in [6.45, 7) is 5.33. The average molecular weight is 297 g/mol. The molecule has 0 aliphatic carbocycles. The topological polar surface area (TPSA) is 32.3 Å². The summed E-state index contributed by atoms with van der Waals surface area (Å²) < 4.78 is 26.2. The minimum Gasteiger partial charge on any atom is -0.341 e. The van der Waals surface area contributed by atoms with E-state index >= 15 is 0 Å². The van der Waals surface area contributed by atoms with Crippen molar-refractivity contribution in [2.75, 3.05) is 19.6 Å². The first kappa shape index (κ1) is 16.6. The maximum atomic E-state index is 13.1. The lowest BCUT2D eigenvalue weighted by Crippen LogP contribution is -2.50. The summed E-state index contributed by atoms with van der Waals surface area (Å²) in [5.41, 5.74) is 0.148. The van der Waals surface area contributed by atoms with Gasteiger partial charge in [-0.15, -0.1) is 12.4 Å². The second kappa shape index (κ2) is 5.92. The van der Waals surface area contributed by atoms with Crippen molar-refractivity contribution < 1.29 is 13.6 Å². The summed E-state index contributed by atoms with van der Waals surface area (Å²) >= 11 is 0. The van der Waals surface area contributed by atoms with Crippen LogP contribution in [-0.4, -0.2) is 42.4 Å². The quantitative estimate of drug-likeness (QED) is 0.849. The molecule has 6 heteroatoms. The molecule has 2 aliphatic rings. The van der Waals surface area contributed by atoms with E-state index in [4.69, 9.17) is 0 Å². The molecule has 2 rings (SSSR count). The third-order valence-corrected chi connectivity index (χ3v) is 4.35. The Balaban J connectivity index is 0.00000180. The standard InChI is InChI=1S/C13H22F2N2O.ClH/c1-3-12(2)5-4-6-17(9-12)11(18)10-7-13(14,15)8-16-10;/h10,16H,3-9H2,1-2H3;1H. The molecule has 1 amide bonds. The van der Waals surface area contributed by atoms with E-state index in [0.717, 1.165) is 19.3 Å². The van der Waals surface area contributed by atoms with E-state index in [-0.39, 0.29) is 36.7 Å². The fourth-order valence-electron chi connectivity index (χ4n) is 2.90. The summed E-state index contributed by atoms with van der Waals surface area (Å²) in [6, 6.07) is -0.695. The number of hydrogen-bond donors (Lipinski definition) is 1. The van der Waals surface area contributed by atoms with Crippen LogP contribution in [-0.2, 0) is 4.79 Å². The summed E-state index contributed by atoms with van der Waals surface area (Å²) in [7, 11) is 0. The van der Waals surface area contributed by atoms with Crippen LogP contribution < -0.4 is 5.32 Å². The Hall–Kier alpha value is -0.420. The van der Waals surface area contributed by atoms with E-state index < -0.39 is 12.0 Å². The minimum absolute atomic E-state index is 0. The molecule has 0 aromatic rings. The fourth-order valence-corrected chi connectivity index (χ4v) is 2.90. The van der Waals surface area contributed by atoms with Crippen molar-refractivity contribution in [2.45, 2.75) is 51.5 Å². The highest BCUT2D eigenvalue weighted by molar-refractivity contribution is 5.85. The zero-order valence-electron chi connectivity index (χ0n) is 11.5. The van der Waals surface area contributed by atoms with Gasteiger partial charge in [-0.2, -0.15) is 0 Å². The lowest BCUT2D eigenvalue weighted by molar-refractivity contribution is -0.137. The third-order valence-electron chi connectivity index (χ3n) is 4.35. The van der Waals surface area contributed by atoms with Crippen LogP contribution in [0.3, 0.4) is 0 Å². The number of carbonyl (C=O) groups excluding carboxylic acids is 1. The lowest BCUT2D eigenvalue weighted by atomic mass is 9.79. The molecule has 0 aromatic heterocycles. The Morgan fingerprint density at radius 1 is 1.47 bits per heavy atom. The molecule has 3 nitrogen and oxygen atoms in total. The van der Waals surface area contributed by atoms with Gasteiger partial charge in [0.15, 0.2) is 0 Å². The highest BCUT2D eigenvalue weighted by atomic mass is 35.5. The highest BCUT2D eigenvalue weighted by Gasteiger charge is 2.44. The molecule has 0 radical (unpaired) electrons. The summed E-state index contributed by atoms with van der Waals surface area (Å²) in [4.78, 5) is 14.0. The molecular formula is C13H23ClF2N2O. The maximum absolute atomic E-state index is 13.1. The predicted molar refractivity (Wildman–Crippen MR) is 72.8 cm³/mol. The van der Waals surface area contributed by atoms with E-state index in [1.54, 1.807) is 4.90 Å². The fraction of sp³-hybridized carbons (Fsp3) is 0.923. The lowest BCUT2D eigenvalue weighted by Gasteiger charge is -2.41. The van der Waals surface area contributed by atoms with E-state index in [2.05, 4.69) is 19.2 Å². The van der Waals surface area contributed by atoms with E-state index in [0.29, 0.717) is 13.1 Å². The van der Waals surface area contributed by atoms with Gasteiger partial charge in [-0.25, -0.2) is 8.78 Å². The maximum Gasteiger partial charge on any atom is 0.262 e. The van der Waals surface area contributed by atoms with Gasteiger partial charge in [0.1, 0.15) is 0 Å². The number of nitrogens with one attached hydrogen (secondary N) is 1. The molecule has 2 aliphatic heterocycles. The largest absolute Gasteiger partial charge is 0.341 e. The molecule has 19 heavy (non-hydrogen) atoms. The zero-order valence-corrected chi connectivity index (χ0v) is 12.4. The van der Waals surface area contributed by atoms with Gasteiger partial charge in [0.05, 0.1) is 12.6 Å². The van der Waals surface area contributed by atoms with Crippen LogP contribution in [0.2, 0.25) is 0 Å². The highest BCUT2D eigenvalue weighted by Crippen LogP contribution is 2.34. The summed E-state index contributed by atoms with van der Waals surface area (Å²) in [6.07, 6.45) is 2.75. The SMILES string of the molecule is CCC1(C)CCCN(C(=O)C2CC(F)(F)CN2)C1.Cl. The van der Waals surface area contributed by atoms with Crippen LogP contribution in [0.15, 0.2) is 0 Å². The van der Waals surface area contributed by atoms with Crippen LogP contribution in [0.4, 0.5) is 8.78 Å². The molecule has 0 saturated carbocycles. The Labute approximate surface area is 119 Å². The van der Waals surface area contributed by atoms with Crippen molar-refractivity contribution >= 4 is 18.3 Å². The van der Waals surface area contributed by atoms with E-state index in [1.807, 2.05) is 0 Å². The van der Waals surface area contributed by atoms with Crippen molar-refractivity contribution in [2.24, 2.45) is 5.41 Å². The molecule has 2 heterocycles. The molecule has 0 spiro atoms. The summed E-state index contributed by atoms with van der Waals surface area (Å²) in [5.74, 6) is -2.88. The van der Waals surface area contributed by atoms with Gasteiger partial charge in [0.25, 0.3) is 5.92 Å². The Bertz CT molecular complexity index is 341. The number of alkyl halides is 2. The Kier molecular flexibility index (Phi) is 5.18. The van der Waals surface area contributed by atoms with Crippen LogP contribution in [0.5, 0.6) is 0 Å². The van der Waals surface area contributed by atoms with Gasteiger partial charge in [-0.05, 0) is 24.7 Å². The van der Waals surface area contributed by atoms with Crippen LogP contribution in [0.25, 0.3) is 0 Å². The van der Waals surface area contributed by atoms with E-state index in [9.17, 15) is 13.6 Å². The number of amides is 1. The number of likely N-dealkylation sites (tertiary alicyclic amines) is 1. The summed E-state index contributed by atoms with van der Waals surface area (Å²) in [5, 5.41) is 2.65. The Morgan fingerprint density at radius 3 is 2.68 bits per heavy atom. The minimum atomic E-state index is -2.73. The van der Waals surface area contributed by atoms with Gasteiger partial charge in [-0.1, -0.05) is 13.8 Å². The third kappa shape index (κ3) is 3.78. The number of rotatable bonds is 2. The van der Waals surface area contributed by atoms with Crippen LogP contribution in [0.1, 0.15) is 39.5 Å². The van der Waals surface area contributed by atoms with Crippen molar-refractivity contribution in [1.29, 1.82) is 0 Å². The van der Waals surface area contributed by atoms with Crippen molar-refractivity contribution in [3.05, 3.63) is 0 Å². The molecule has 2 unspecified atom stereocenters. The van der Waals surface area contributed by atoms with Gasteiger partial charge in [0, 0.05) is 19.5 Å². The normalized spacial score (nSPS) is 33.9. The van der Waals surface area contributed by atoms with Gasteiger partial charge in [0.2, 0.25) is 5.91 Å². The van der Waals surface area contributed by atoms with Crippen LogP contribution >= 0.6 is 12.4 Å².